The van der Waals surface area contributed by atoms with Crippen LogP contribution in [0.1, 0.15) is 51.0 Å². The normalized spacial score (nSPS) is 13.6. The number of rotatable bonds is 8. The van der Waals surface area contributed by atoms with Gasteiger partial charge in [-0.15, -0.1) is 6.58 Å². The van der Waals surface area contributed by atoms with E-state index in [4.69, 9.17) is 4.74 Å². The lowest BCUT2D eigenvalue weighted by Crippen LogP contribution is -2.23. The third-order valence-corrected chi connectivity index (χ3v) is 3.25. The van der Waals surface area contributed by atoms with Crippen LogP contribution in [-0.4, -0.2) is 12.1 Å². The summed E-state index contributed by atoms with van der Waals surface area (Å²) in [5.74, 6) is -0.147. The van der Waals surface area contributed by atoms with Crippen LogP contribution in [0.15, 0.2) is 43.0 Å². The summed E-state index contributed by atoms with van der Waals surface area (Å²) in [5.41, 5.74) is 1.15. The Labute approximate surface area is 116 Å². The minimum Gasteiger partial charge on any atom is -0.462 e. The van der Waals surface area contributed by atoms with Crippen LogP contribution in [0.5, 0.6) is 0 Å². The average molecular weight is 260 g/mol. The van der Waals surface area contributed by atoms with Crippen molar-refractivity contribution in [3.05, 3.63) is 48.6 Å². The summed E-state index contributed by atoms with van der Waals surface area (Å²) in [6, 6.07) is 10.1. The van der Waals surface area contributed by atoms with Gasteiger partial charge in [0.15, 0.2) is 0 Å². The molecule has 0 aromatic heterocycles. The van der Waals surface area contributed by atoms with Crippen molar-refractivity contribution in [3.63, 3.8) is 0 Å². The largest absolute Gasteiger partial charge is 0.462 e. The standard InChI is InChI=1S/C17H24O2/c1-4-6-8-13-17(19-14(3)18)16(5-2)15-11-9-7-10-12-15/h5,7,9-12,16-17H,2,4,6,8,13H2,1,3H3. The molecule has 0 radical (unpaired) electrons. The molecule has 0 spiro atoms. The van der Waals surface area contributed by atoms with Gasteiger partial charge in [0.1, 0.15) is 6.10 Å². The quantitative estimate of drug-likeness (QED) is 0.391. The molecule has 0 amide bonds. The third kappa shape index (κ3) is 5.29. The van der Waals surface area contributed by atoms with E-state index in [1.165, 1.54) is 6.92 Å². The SMILES string of the molecule is C=CC(c1ccccc1)C(CCCCC)OC(C)=O. The fourth-order valence-corrected chi connectivity index (χ4v) is 2.30. The number of ether oxygens (including phenoxy) is 1. The molecule has 0 saturated carbocycles. The fraction of sp³-hybridized carbons (Fsp3) is 0.471. The lowest BCUT2D eigenvalue weighted by molar-refractivity contribution is -0.147. The van der Waals surface area contributed by atoms with E-state index in [0.717, 1.165) is 31.2 Å². The highest BCUT2D eigenvalue weighted by atomic mass is 16.5. The molecular weight excluding hydrogens is 236 g/mol. The molecule has 0 saturated heterocycles. The van der Waals surface area contributed by atoms with E-state index in [0.29, 0.717) is 0 Å². The first-order chi connectivity index (χ1) is 9.19. The van der Waals surface area contributed by atoms with Gasteiger partial charge in [0.2, 0.25) is 0 Å². The Bertz CT molecular complexity index is 384. The molecule has 19 heavy (non-hydrogen) atoms. The Hall–Kier alpha value is -1.57. The summed E-state index contributed by atoms with van der Waals surface area (Å²) < 4.78 is 5.49. The average Bonchev–Trinajstić information content (AvgIpc) is 2.40. The lowest BCUT2D eigenvalue weighted by atomic mass is 9.90. The van der Waals surface area contributed by atoms with Gasteiger partial charge in [0.25, 0.3) is 0 Å². The van der Waals surface area contributed by atoms with E-state index in [1.54, 1.807) is 0 Å². The number of esters is 1. The zero-order chi connectivity index (χ0) is 14.1. The topological polar surface area (TPSA) is 26.3 Å². The Morgan fingerprint density at radius 3 is 2.53 bits per heavy atom. The molecular formula is C17H24O2. The minimum atomic E-state index is -0.218. The minimum absolute atomic E-state index is 0.0713. The molecule has 2 atom stereocenters. The highest BCUT2D eigenvalue weighted by Gasteiger charge is 2.22. The first-order valence-corrected chi connectivity index (χ1v) is 7.03. The number of benzene rings is 1. The van der Waals surface area contributed by atoms with Crippen molar-refractivity contribution < 1.29 is 9.53 Å². The van der Waals surface area contributed by atoms with E-state index in [9.17, 15) is 4.79 Å². The number of carbonyl (C=O) groups is 1. The van der Waals surface area contributed by atoms with Gasteiger partial charge in [-0.1, -0.05) is 56.2 Å². The summed E-state index contributed by atoms with van der Waals surface area (Å²) in [7, 11) is 0. The molecule has 0 aliphatic rings. The van der Waals surface area contributed by atoms with Crippen LogP contribution in [-0.2, 0) is 9.53 Å². The monoisotopic (exact) mass is 260 g/mol. The Balaban J connectivity index is 2.80. The second kappa shape index (κ2) is 8.52. The van der Waals surface area contributed by atoms with Crippen molar-refractivity contribution in [2.75, 3.05) is 0 Å². The van der Waals surface area contributed by atoms with Crippen LogP contribution in [0.3, 0.4) is 0 Å². The maximum Gasteiger partial charge on any atom is 0.302 e. The van der Waals surface area contributed by atoms with Gasteiger partial charge >= 0.3 is 5.97 Å². The highest BCUT2D eigenvalue weighted by molar-refractivity contribution is 5.66. The molecule has 2 unspecified atom stereocenters. The van der Waals surface area contributed by atoms with E-state index in [1.807, 2.05) is 24.3 Å². The van der Waals surface area contributed by atoms with Crippen molar-refractivity contribution in [2.45, 2.75) is 51.6 Å². The van der Waals surface area contributed by atoms with Gasteiger partial charge in [-0.3, -0.25) is 4.79 Å². The van der Waals surface area contributed by atoms with Crippen LogP contribution in [0, 0.1) is 0 Å². The zero-order valence-corrected chi connectivity index (χ0v) is 12.0. The van der Waals surface area contributed by atoms with Crippen molar-refractivity contribution in [2.24, 2.45) is 0 Å². The van der Waals surface area contributed by atoms with E-state index >= 15 is 0 Å². The number of hydrogen-bond donors (Lipinski definition) is 0. The summed E-state index contributed by atoms with van der Waals surface area (Å²) in [5, 5.41) is 0. The summed E-state index contributed by atoms with van der Waals surface area (Å²) >= 11 is 0. The Kier molecular flexibility index (Phi) is 6.94. The first-order valence-electron chi connectivity index (χ1n) is 7.03. The molecule has 2 heteroatoms. The van der Waals surface area contributed by atoms with Gasteiger partial charge in [-0.05, 0) is 18.4 Å². The molecule has 2 nitrogen and oxygen atoms in total. The van der Waals surface area contributed by atoms with Gasteiger partial charge < -0.3 is 4.74 Å². The molecule has 0 heterocycles. The number of hydrogen-bond acceptors (Lipinski definition) is 2. The number of carbonyl (C=O) groups excluding carboxylic acids is 1. The molecule has 0 aliphatic carbocycles. The van der Waals surface area contributed by atoms with E-state index in [-0.39, 0.29) is 18.0 Å². The van der Waals surface area contributed by atoms with Crippen LogP contribution in [0.4, 0.5) is 0 Å². The summed E-state index contributed by atoms with van der Waals surface area (Å²) in [6.07, 6.45) is 6.07. The fourth-order valence-electron chi connectivity index (χ4n) is 2.30. The predicted molar refractivity (Wildman–Crippen MR) is 79.1 cm³/mol. The second-order valence-corrected chi connectivity index (χ2v) is 4.82. The zero-order valence-electron chi connectivity index (χ0n) is 12.0. The third-order valence-electron chi connectivity index (χ3n) is 3.25. The molecule has 1 aromatic carbocycles. The molecule has 0 bridgehead atoms. The molecule has 104 valence electrons. The second-order valence-electron chi connectivity index (χ2n) is 4.82. The molecule has 0 N–H and O–H groups in total. The van der Waals surface area contributed by atoms with Crippen LogP contribution in [0.25, 0.3) is 0 Å². The maximum absolute atomic E-state index is 11.3. The van der Waals surface area contributed by atoms with Crippen molar-refractivity contribution >= 4 is 5.97 Å². The molecule has 1 rings (SSSR count). The van der Waals surface area contributed by atoms with Crippen molar-refractivity contribution in [1.82, 2.24) is 0 Å². The molecule has 1 aromatic rings. The lowest BCUT2D eigenvalue weighted by Gasteiger charge is -2.24. The van der Waals surface area contributed by atoms with E-state index < -0.39 is 0 Å². The summed E-state index contributed by atoms with van der Waals surface area (Å²) in [6.45, 7) is 7.54. The van der Waals surface area contributed by atoms with Crippen LogP contribution >= 0.6 is 0 Å². The van der Waals surface area contributed by atoms with Crippen molar-refractivity contribution in [3.8, 4) is 0 Å². The van der Waals surface area contributed by atoms with Gasteiger partial charge in [0.05, 0.1) is 0 Å². The van der Waals surface area contributed by atoms with Gasteiger partial charge in [0, 0.05) is 12.8 Å². The van der Waals surface area contributed by atoms with Gasteiger partial charge in [-0.2, -0.15) is 0 Å². The van der Waals surface area contributed by atoms with Gasteiger partial charge in [-0.25, -0.2) is 0 Å². The first kappa shape index (κ1) is 15.5. The summed E-state index contributed by atoms with van der Waals surface area (Å²) in [4.78, 5) is 11.3. The smallest absolute Gasteiger partial charge is 0.302 e. The molecule has 0 fully saturated rings. The van der Waals surface area contributed by atoms with Crippen LogP contribution in [0.2, 0.25) is 0 Å². The maximum atomic E-state index is 11.3. The van der Waals surface area contributed by atoms with Crippen molar-refractivity contribution in [1.29, 1.82) is 0 Å². The number of unbranched alkanes of at least 4 members (excludes halogenated alkanes) is 2. The Morgan fingerprint density at radius 2 is 2.00 bits per heavy atom. The predicted octanol–water partition coefficient (Wildman–Crippen LogP) is 4.47. The van der Waals surface area contributed by atoms with E-state index in [2.05, 4.69) is 25.6 Å². The Morgan fingerprint density at radius 1 is 1.32 bits per heavy atom. The molecule has 0 aliphatic heterocycles. The highest BCUT2D eigenvalue weighted by Crippen LogP contribution is 2.27. The van der Waals surface area contributed by atoms with Crippen LogP contribution < -0.4 is 0 Å².